The van der Waals surface area contributed by atoms with Gasteiger partial charge in [0, 0.05) is 11.4 Å². The van der Waals surface area contributed by atoms with Crippen LogP contribution in [0.3, 0.4) is 0 Å². The van der Waals surface area contributed by atoms with Crippen LogP contribution >= 0.6 is 0 Å². The lowest BCUT2D eigenvalue weighted by molar-refractivity contribution is -0.0230. The molecule has 7 rings (SSSR count). The van der Waals surface area contributed by atoms with Crippen LogP contribution in [-0.2, 0) is 0 Å². The molecule has 1 aromatic carbocycles. The molecule has 3 heteroatoms. The second-order valence-electron chi connectivity index (χ2n) is 8.02. The van der Waals surface area contributed by atoms with Crippen LogP contribution in [0.25, 0.3) is 6.08 Å². The highest BCUT2D eigenvalue weighted by Gasteiger charge is 2.57. The van der Waals surface area contributed by atoms with E-state index >= 15 is 0 Å². The fourth-order valence-electron chi connectivity index (χ4n) is 6.04. The van der Waals surface area contributed by atoms with Crippen molar-refractivity contribution in [1.82, 2.24) is 0 Å². The number of ether oxygens (including phenoxy) is 1. The van der Waals surface area contributed by atoms with Gasteiger partial charge in [-0.3, -0.25) is 9.98 Å². The number of benzene rings is 1. The molecular formula is C20H20N2O. The lowest BCUT2D eigenvalue weighted by atomic mass is 9.49. The van der Waals surface area contributed by atoms with Crippen LogP contribution in [-0.4, -0.2) is 11.8 Å². The van der Waals surface area contributed by atoms with E-state index in [-0.39, 0.29) is 5.54 Å². The Morgan fingerprint density at radius 3 is 2.57 bits per heavy atom. The maximum absolute atomic E-state index is 5.66. The summed E-state index contributed by atoms with van der Waals surface area (Å²) in [6.45, 7) is 0. The molecule has 2 aliphatic heterocycles. The van der Waals surface area contributed by atoms with Gasteiger partial charge in [0.2, 0.25) is 0 Å². The van der Waals surface area contributed by atoms with E-state index in [1.165, 1.54) is 32.1 Å². The van der Waals surface area contributed by atoms with Crippen LogP contribution in [0, 0.1) is 23.7 Å². The largest absolute Gasteiger partial charge is 0.464 e. The molecule has 3 nitrogen and oxygen atoms in total. The zero-order chi connectivity index (χ0) is 15.0. The molecule has 4 saturated carbocycles. The number of hydrogen-bond donors (Lipinski definition) is 0. The molecular weight excluding hydrogens is 284 g/mol. The first kappa shape index (κ1) is 12.5. The van der Waals surface area contributed by atoms with E-state index in [4.69, 9.17) is 14.7 Å². The fourth-order valence-corrected chi connectivity index (χ4v) is 6.04. The highest BCUT2D eigenvalue weighted by molar-refractivity contribution is 5.77. The molecule has 0 aromatic heterocycles. The number of hydrogen-bond acceptors (Lipinski definition) is 3. The highest BCUT2D eigenvalue weighted by atomic mass is 16.5. The quantitative estimate of drug-likeness (QED) is 0.725. The van der Waals surface area contributed by atoms with Gasteiger partial charge in [0.15, 0.2) is 0 Å². The fraction of sp³-hybridized carbons (Fsp3) is 0.500. The lowest BCUT2D eigenvalue weighted by Crippen LogP contribution is -2.59. The molecule has 116 valence electrons. The maximum atomic E-state index is 5.66. The molecule has 6 aliphatic rings. The molecule has 0 radical (unpaired) electrons. The summed E-state index contributed by atoms with van der Waals surface area (Å²) in [4.78, 5) is 10.3. The van der Waals surface area contributed by atoms with E-state index in [1.54, 1.807) is 6.26 Å². The van der Waals surface area contributed by atoms with Gasteiger partial charge < -0.3 is 4.74 Å². The molecule has 0 saturated heterocycles. The molecule has 4 aliphatic carbocycles. The van der Waals surface area contributed by atoms with Crippen molar-refractivity contribution >= 4 is 18.0 Å². The van der Waals surface area contributed by atoms with E-state index in [2.05, 4.69) is 12.3 Å². The van der Waals surface area contributed by atoms with Crippen molar-refractivity contribution < 1.29 is 4.74 Å². The number of aliphatic imine (C=N–C) groups is 1. The van der Waals surface area contributed by atoms with E-state index in [0.29, 0.717) is 11.8 Å². The molecule has 23 heavy (non-hydrogen) atoms. The van der Waals surface area contributed by atoms with Gasteiger partial charge in [-0.1, -0.05) is 0 Å². The van der Waals surface area contributed by atoms with Gasteiger partial charge in [0.25, 0.3) is 0 Å². The summed E-state index contributed by atoms with van der Waals surface area (Å²) < 4.78 is 5.66. The van der Waals surface area contributed by atoms with Crippen molar-refractivity contribution in [3.05, 3.63) is 35.0 Å². The minimum Gasteiger partial charge on any atom is -0.464 e. The van der Waals surface area contributed by atoms with Gasteiger partial charge in [-0.05, 0) is 80.1 Å². The van der Waals surface area contributed by atoms with Gasteiger partial charge >= 0.3 is 0 Å². The van der Waals surface area contributed by atoms with Crippen LogP contribution in [0.15, 0.2) is 34.5 Å². The first-order valence-corrected chi connectivity index (χ1v) is 8.93. The van der Waals surface area contributed by atoms with Crippen molar-refractivity contribution in [2.75, 3.05) is 0 Å². The summed E-state index contributed by atoms with van der Waals surface area (Å²) >= 11 is 0. The Balaban J connectivity index is 1.61. The van der Waals surface area contributed by atoms with E-state index in [9.17, 15) is 0 Å². The van der Waals surface area contributed by atoms with E-state index < -0.39 is 0 Å². The highest BCUT2D eigenvalue weighted by Crippen LogP contribution is 2.59. The Hall–Kier alpha value is -1.90. The summed E-state index contributed by atoms with van der Waals surface area (Å²) in [5.41, 5.74) is 0.961. The molecule has 0 N–H and O–H groups in total. The molecule has 0 unspecified atom stereocenters. The average Bonchev–Trinajstić information content (AvgIpc) is 2.59. The summed E-state index contributed by atoms with van der Waals surface area (Å²) in [5.74, 6) is 4.22. The van der Waals surface area contributed by atoms with Crippen molar-refractivity contribution in [2.45, 2.75) is 37.6 Å². The van der Waals surface area contributed by atoms with Crippen molar-refractivity contribution in [1.29, 1.82) is 0 Å². The van der Waals surface area contributed by atoms with Gasteiger partial charge in [-0.15, -0.1) is 0 Å². The van der Waals surface area contributed by atoms with Crippen LogP contribution < -0.4 is 15.3 Å². The standard InChI is InChI=1S/C20H20N2O/c1-2-16-18(23-5-1)4-3-17-19(16)22-20(11-21-17)14-7-12-6-13(9-14)10-15(20)8-12/h1-5,11-15H,6-10H2. The lowest BCUT2D eigenvalue weighted by Gasteiger charge is -2.58. The number of fused-ring (bicyclic) bond motifs is 3. The molecule has 0 atom stereocenters. The topological polar surface area (TPSA) is 34.0 Å². The Bertz CT molecular complexity index is 852. The molecule has 1 aromatic rings. The van der Waals surface area contributed by atoms with E-state index in [0.717, 1.165) is 33.8 Å². The number of allylic oxidation sites excluding steroid dienone is 1. The summed E-state index contributed by atoms with van der Waals surface area (Å²) in [6, 6.07) is 4.06. The summed E-state index contributed by atoms with van der Waals surface area (Å²) in [7, 11) is 0. The Morgan fingerprint density at radius 2 is 1.78 bits per heavy atom. The third-order valence-electron chi connectivity index (χ3n) is 6.85. The SMILES string of the molecule is C1=COc2ccc3c(c2=C1)=NC1(C=N3)C2CC3CC(C2)CC1C3. The van der Waals surface area contributed by atoms with Crippen molar-refractivity contribution in [3.8, 4) is 5.75 Å². The summed E-state index contributed by atoms with van der Waals surface area (Å²) in [6.07, 6.45) is 14.9. The maximum Gasteiger partial charge on any atom is 0.136 e. The molecule has 4 bridgehead atoms. The van der Waals surface area contributed by atoms with Gasteiger partial charge in [-0.25, -0.2) is 0 Å². The average molecular weight is 304 g/mol. The second kappa shape index (κ2) is 4.14. The Kier molecular flexibility index (Phi) is 2.25. The van der Waals surface area contributed by atoms with Gasteiger partial charge in [0.1, 0.15) is 11.3 Å². The third kappa shape index (κ3) is 1.55. The zero-order valence-electron chi connectivity index (χ0n) is 13.1. The third-order valence-corrected chi connectivity index (χ3v) is 6.85. The normalized spacial score (nSPS) is 41.0. The Labute approximate surface area is 135 Å². The monoisotopic (exact) mass is 304 g/mol. The number of nitrogens with zero attached hydrogens (tertiary/aromatic N) is 2. The van der Waals surface area contributed by atoms with Crippen LogP contribution in [0.2, 0.25) is 0 Å². The first-order valence-electron chi connectivity index (χ1n) is 8.93. The van der Waals surface area contributed by atoms with Gasteiger partial charge in [-0.2, -0.15) is 0 Å². The predicted octanol–water partition coefficient (Wildman–Crippen LogP) is 2.90. The zero-order valence-corrected chi connectivity index (χ0v) is 13.1. The van der Waals surface area contributed by atoms with Crippen LogP contribution in [0.4, 0.5) is 5.69 Å². The second-order valence-corrected chi connectivity index (χ2v) is 8.02. The van der Waals surface area contributed by atoms with Crippen molar-refractivity contribution in [2.24, 2.45) is 33.7 Å². The van der Waals surface area contributed by atoms with Gasteiger partial charge in [0.05, 0.1) is 17.3 Å². The Morgan fingerprint density at radius 1 is 1.00 bits per heavy atom. The van der Waals surface area contributed by atoms with Crippen LogP contribution in [0.1, 0.15) is 32.1 Å². The van der Waals surface area contributed by atoms with E-state index in [1.807, 2.05) is 18.2 Å². The number of rotatable bonds is 0. The smallest absolute Gasteiger partial charge is 0.136 e. The summed E-state index contributed by atoms with van der Waals surface area (Å²) in [5, 5.41) is 2.16. The first-order chi connectivity index (χ1) is 11.3. The predicted molar refractivity (Wildman–Crippen MR) is 89.4 cm³/mol. The minimum atomic E-state index is -0.0372. The van der Waals surface area contributed by atoms with Crippen molar-refractivity contribution in [3.63, 3.8) is 0 Å². The molecule has 2 heterocycles. The minimum absolute atomic E-state index is 0.0372. The van der Waals surface area contributed by atoms with Crippen LogP contribution in [0.5, 0.6) is 5.75 Å². The molecule has 0 amide bonds. The molecule has 4 fully saturated rings. The molecule has 1 spiro atoms.